The first-order chi connectivity index (χ1) is 8.69. The molecular formula is C14H14BrNO2. The Labute approximate surface area is 114 Å². The van der Waals surface area contributed by atoms with Gasteiger partial charge in [-0.1, -0.05) is 40.2 Å². The van der Waals surface area contributed by atoms with Crippen LogP contribution in [-0.2, 0) is 11.9 Å². The van der Waals surface area contributed by atoms with Crippen molar-refractivity contribution in [1.29, 1.82) is 0 Å². The maximum absolute atomic E-state index is 11.8. The lowest BCUT2D eigenvalue weighted by atomic mass is 10.1. The van der Waals surface area contributed by atoms with E-state index in [0.717, 1.165) is 16.7 Å². The van der Waals surface area contributed by atoms with Crippen molar-refractivity contribution in [2.45, 2.75) is 18.8 Å². The molecule has 0 aliphatic carbocycles. The Morgan fingerprint density at radius 1 is 1.33 bits per heavy atom. The fraction of sp³-hybridized carbons (Fsp3) is 0.214. The summed E-state index contributed by atoms with van der Waals surface area (Å²) in [6.07, 6.45) is 1.47. The molecule has 0 unspecified atom stereocenters. The Morgan fingerprint density at radius 2 is 2.11 bits per heavy atom. The Hall–Kier alpha value is -1.55. The quantitative estimate of drug-likeness (QED) is 0.880. The number of benzene rings is 1. The van der Waals surface area contributed by atoms with Crippen LogP contribution in [0.5, 0.6) is 0 Å². The Balaban J connectivity index is 1.97. The second-order valence-corrected chi connectivity index (χ2v) is 4.64. The van der Waals surface area contributed by atoms with Gasteiger partial charge in [-0.3, -0.25) is 4.79 Å². The van der Waals surface area contributed by atoms with Crippen molar-refractivity contribution in [2.75, 3.05) is 0 Å². The first-order valence-electron chi connectivity index (χ1n) is 5.66. The van der Waals surface area contributed by atoms with Gasteiger partial charge in [0.25, 0.3) is 5.91 Å². The molecule has 0 bridgehead atoms. The second-order valence-electron chi connectivity index (χ2n) is 4.08. The number of rotatable bonds is 4. The summed E-state index contributed by atoms with van der Waals surface area (Å²) in [5, 5.41) is 3.68. The molecule has 1 N–H and O–H groups in total. The van der Waals surface area contributed by atoms with E-state index in [-0.39, 0.29) is 5.91 Å². The van der Waals surface area contributed by atoms with Crippen LogP contribution in [0.4, 0.5) is 0 Å². The molecule has 2 aromatic rings. The number of furan rings is 1. The molecule has 18 heavy (non-hydrogen) atoms. The highest BCUT2D eigenvalue weighted by Crippen LogP contribution is 2.10. The molecule has 0 fully saturated rings. The predicted octanol–water partition coefficient (Wildman–Crippen LogP) is 3.41. The SMILES string of the molecule is Cc1cc(C(=O)NCc2cccc(CBr)c2)co1. The molecule has 1 amide bonds. The van der Waals surface area contributed by atoms with E-state index in [4.69, 9.17) is 4.42 Å². The van der Waals surface area contributed by atoms with Crippen LogP contribution in [0.2, 0.25) is 0 Å². The summed E-state index contributed by atoms with van der Waals surface area (Å²) < 4.78 is 5.11. The van der Waals surface area contributed by atoms with E-state index in [1.54, 1.807) is 6.07 Å². The fourth-order valence-corrected chi connectivity index (χ4v) is 2.02. The summed E-state index contributed by atoms with van der Waals surface area (Å²) in [5.74, 6) is 0.623. The van der Waals surface area contributed by atoms with Crippen molar-refractivity contribution in [2.24, 2.45) is 0 Å². The van der Waals surface area contributed by atoms with Crippen LogP contribution in [-0.4, -0.2) is 5.91 Å². The lowest BCUT2D eigenvalue weighted by Crippen LogP contribution is -2.22. The molecule has 1 aromatic carbocycles. The van der Waals surface area contributed by atoms with Crippen molar-refractivity contribution >= 4 is 21.8 Å². The monoisotopic (exact) mass is 307 g/mol. The maximum Gasteiger partial charge on any atom is 0.254 e. The van der Waals surface area contributed by atoms with Crippen LogP contribution in [0.3, 0.4) is 0 Å². The van der Waals surface area contributed by atoms with Crippen LogP contribution in [0.25, 0.3) is 0 Å². The van der Waals surface area contributed by atoms with E-state index in [1.807, 2.05) is 25.1 Å². The number of hydrogen-bond donors (Lipinski definition) is 1. The van der Waals surface area contributed by atoms with Gasteiger partial charge in [0.2, 0.25) is 0 Å². The molecule has 1 aromatic heterocycles. The van der Waals surface area contributed by atoms with E-state index in [9.17, 15) is 4.79 Å². The van der Waals surface area contributed by atoms with Crippen LogP contribution in [0.1, 0.15) is 27.2 Å². The number of alkyl halides is 1. The third kappa shape index (κ3) is 3.23. The Bertz CT molecular complexity index is 548. The standard InChI is InChI=1S/C14H14BrNO2/c1-10-5-13(9-18-10)14(17)16-8-12-4-2-3-11(6-12)7-15/h2-6,9H,7-8H2,1H3,(H,16,17). The molecule has 0 spiro atoms. The minimum atomic E-state index is -0.115. The molecule has 0 saturated carbocycles. The Morgan fingerprint density at radius 3 is 2.78 bits per heavy atom. The van der Waals surface area contributed by atoms with Gasteiger partial charge in [0, 0.05) is 11.9 Å². The van der Waals surface area contributed by atoms with Crippen molar-refractivity contribution in [3.05, 3.63) is 59.0 Å². The third-order valence-electron chi connectivity index (χ3n) is 2.59. The highest BCUT2D eigenvalue weighted by Gasteiger charge is 2.07. The van der Waals surface area contributed by atoms with Crippen molar-refractivity contribution in [1.82, 2.24) is 5.32 Å². The molecule has 3 nitrogen and oxygen atoms in total. The maximum atomic E-state index is 11.8. The summed E-state index contributed by atoms with van der Waals surface area (Å²) in [6, 6.07) is 9.81. The number of hydrogen-bond acceptors (Lipinski definition) is 2. The van der Waals surface area contributed by atoms with Crippen LogP contribution >= 0.6 is 15.9 Å². The van der Waals surface area contributed by atoms with Gasteiger partial charge in [-0.05, 0) is 24.1 Å². The first kappa shape index (κ1) is 12.9. The molecule has 94 valence electrons. The van der Waals surface area contributed by atoms with E-state index in [2.05, 4.69) is 27.3 Å². The zero-order chi connectivity index (χ0) is 13.0. The second kappa shape index (κ2) is 5.87. The van der Waals surface area contributed by atoms with E-state index < -0.39 is 0 Å². The van der Waals surface area contributed by atoms with Gasteiger partial charge in [-0.25, -0.2) is 0 Å². The average molecular weight is 308 g/mol. The number of nitrogens with one attached hydrogen (secondary N) is 1. The van der Waals surface area contributed by atoms with Gasteiger partial charge in [-0.15, -0.1) is 0 Å². The first-order valence-corrected chi connectivity index (χ1v) is 6.78. The van der Waals surface area contributed by atoms with Crippen molar-refractivity contribution in [3.8, 4) is 0 Å². The van der Waals surface area contributed by atoms with E-state index >= 15 is 0 Å². The van der Waals surface area contributed by atoms with Crippen molar-refractivity contribution < 1.29 is 9.21 Å². The van der Waals surface area contributed by atoms with Gasteiger partial charge >= 0.3 is 0 Å². The smallest absolute Gasteiger partial charge is 0.254 e. The molecular weight excluding hydrogens is 294 g/mol. The van der Waals surface area contributed by atoms with Crippen molar-refractivity contribution in [3.63, 3.8) is 0 Å². The fourth-order valence-electron chi connectivity index (χ4n) is 1.67. The minimum absolute atomic E-state index is 0.115. The summed E-state index contributed by atoms with van der Waals surface area (Å²) in [4.78, 5) is 11.8. The van der Waals surface area contributed by atoms with Gasteiger partial charge in [0.1, 0.15) is 12.0 Å². The van der Waals surface area contributed by atoms with Crippen LogP contribution < -0.4 is 5.32 Å². The lowest BCUT2D eigenvalue weighted by Gasteiger charge is -2.05. The normalized spacial score (nSPS) is 10.3. The topological polar surface area (TPSA) is 42.2 Å². The number of halogens is 1. The highest BCUT2D eigenvalue weighted by atomic mass is 79.9. The van der Waals surface area contributed by atoms with Gasteiger partial charge in [0.15, 0.2) is 0 Å². The summed E-state index contributed by atoms with van der Waals surface area (Å²) in [7, 11) is 0. The van der Waals surface area contributed by atoms with Crippen LogP contribution in [0, 0.1) is 6.92 Å². The third-order valence-corrected chi connectivity index (χ3v) is 3.24. The molecule has 4 heteroatoms. The number of carbonyl (C=O) groups is 1. The number of amides is 1. The van der Waals surface area contributed by atoms with Gasteiger partial charge in [-0.2, -0.15) is 0 Å². The largest absolute Gasteiger partial charge is 0.469 e. The van der Waals surface area contributed by atoms with Gasteiger partial charge in [0.05, 0.1) is 5.56 Å². The molecule has 0 aliphatic heterocycles. The van der Waals surface area contributed by atoms with Gasteiger partial charge < -0.3 is 9.73 Å². The molecule has 1 heterocycles. The Kier molecular flexibility index (Phi) is 4.20. The number of aryl methyl sites for hydroxylation is 1. The lowest BCUT2D eigenvalue weighted by molar-refractivity contribution is 0.0950. The number of carbonyl (C=O) groups excluding carboxylic acids is 1. The molecule has 2 rings (SSSR count). The van der Waals surface area contributed by atoms with E-state index in [0.29, 0.717) is 12.1 Å². The molecule has 0 radical (unpaired) electrons. The summed E-state index contributed by atoms with van der Waals surface area (Å²) in [6.45, 7) is 2.33. The predicted molar refractivity (Wildman–Crippen MR) is 73.7 cm³/mol. The highest BCUT2D eigenvalue weighted by molar-refractivity contribution is 9.08. The zero-order valence-corrected chi connectivity index (χ0v) is 11.7. The zero-order valence-electron chi connectivity index (χ0n) is 10.1. The molecule has 0 atom stereocenters. The van der Waals surface area contributed by atoms with Crippen LogP contribution in [0.15, 0.2) is 41.0 Å². The average Bonchev–Trinajstić information content (AvgIpc) is 2.83. The van der Waals surface area contributed by atoms with E-state index in [1.165, 1.54) is 11.8 Å². The summed E-state index contributed by atoms with van der Waals surface area (Å²) >= 11 is 3.41. The molecule has 0 aliphatic rings. The molecule has 0 saturated heterocycles. The summed E-state index contributed by atoms with van der Waals surface area (Å²) in [5.41, 5.74) is 2.84. The minimum Gasteiger partial charge on any atom is -0.469 e.